The zero-order valence-electron chi connectivity index (χ0n) is 8.37. The summed E-state index contributed by atoms with van der Waals surface area (Å²) in [5.74, 6) is 5.19. The maximum absolute atomic E-state index is 5.19. The van der Waals surface area contributed by atoms with E-state index in [-0.39, 0.29) is 0 Å². The number of nitrogens with two attached hydrogens (primary N) is 1. The number of rotatable bonds is 3. The van der Waals surface area contributed by atoms with Gasteiger partial charge in [-0.2, -0.15) is 0 Å². The van der Waals surface area contributed by atoms with E-state index in [2.05, 4.69) is 4.98 Å². The maximum atomic E-state index is 5.19. The van der Waals surface area contributed by atoms with Gasteiger partial charge in [0, 0.05) is 20.3 Å². The SMILES string of the molecule is CN(C)c1ncc(C(C)(C)ON)s1. The summed E-state index contributed by atoms with van der Waals surface area (Å²) in [4.78, 5) is 12.1. The van der Waals surface area contributed by atoms with Gasteiger partial charge in [-0.1, -0.05) is 11.3 Å². The first-order valence-corrected chi connectivity index (χ1v) is 4.80. The van der Waals surface area contributed by atoms with Crippen LogP contribution in [0.4, 0.5) is 5.13 Å². The van der Waals surface area contributed by atoms with E-state index in [4.69, 9.17) is 10.7 Å². The molecule has 0 unspecified atom stereocenters. The third-order valence-corrected chi connectivity index (χ3v) is 3.23. The Morgan fingerprint density at radius 3 is 2.54 bits per heavy atom. The lowest BCUT2D eigenvalue weighted by molar-refractivity contribution is -0.0209. The molecule has 0 bridgehead atoms. The summed E-state index contributed by atoms with van der Waals surface area (Å²) in [6.07, 6.45) is 1.80. The fourth-order valence-corrected chi connectivity index (χ4v) is 1.69. The molecule has 0 saturated carbocycles. The minimum absolute atomic E-state index is 0.452. The standard InChI is InChI=1S/C8H15N3OS/c1-8(2,12-9)6-5-10-7(13-6)11(3)4/h5H,9H2,1-4H3. The second-order valence-electron chi connectivity index (χ2n) is 3.53. The Hall–Kier alpha value is -0.650. The van der Waals surface area contributed by atoms with Crippen molar-refractivity contribution in [1.82, 2.24) is 4.98 Å². The number of aromatic nitrogens is 1. The highest BCUT2D eigenvalue weighted by Gasteiger charge is 2.23. The molecule has 0 aliphatic heterocycles. The van der Waals surface area contributed by atoms with E-state index in [9.17, 15) is 0 Å². The predicted molar refractivity (Wildman–Crippen MR) is 54.7 cm³/mol. The Bertz CT molecular complexity index is 283. The highest BCUT2D eigenvalue weighted by atomic mass is 32.1. The van der Waals surface area contributed by atoms with Gasteiger partial charge in [0.15, 0.2) is 5.13 Å². The molecule has 4 nitrogen and oxygen atoms in total. The first kappa shape index (κ1) is 10.4. The van der Waals surface area contributed by atoms with E-state index < -0.39 is 5.60 Å². The lowest BCUT2D eigenvalue weighted by Gasteiger charge is -2.18. The van der Waals surface area contributed by atoms with Gasteiger partial charge in [-0.15, -0.1) is 0 Å². The van der Waals surface area contributed by atoms with Crippen molar-refractivity contribution in [1.29, 1.82) is 0 Å². The van der Waals surface area contributed by atoms with E-state index in [1.54, 1.807) is 17.5 Å². The van der Waals surface area contributed by atoms with Gasteiger partial charge in [-0.25, -0.2) is 10.9 Å². The predicted octanol–water partition coefficient (Wildman–Crippen LogP) is 1.33. The summed E-state index contributed by atoms with van der Waals surface area (Å²) in [5, 5.41) is 0.958. The van der Waals surface area contributed by atoms with Crippen LogP contribution in [0.1, 0.15) is 18.7 Å². The van der Waals surface area contributed by atoms with Crippen LogP contribution >= 0.6 is 11.3 Å². The van der Waals surface area contributed by atoms with Crippen molar-refractivity contribution in [2.45, 2.75) is 19.4 Å². The van der Waals surface area contributed by atoms with Crippen molar-refractivity contribution in [2.75, 3.05) is 19.0 Å². The molecule has 2 N–H and O–H groups in total. The van der Waals surface area contributed by atoms with E-state index >= 15 is 0 Å². The summed E-state index contributed by atoms with van der Waals surface area (Å²) in [6, 6.07) is 0. The summed E-state index contributed by atoms with van der Waals surface area (Å²) in [7, 11) is 3.91. The van der Waals surface area contributed by atoms with Crippen LogP contribution in [0, 0.1) is 0 Å². The van der Waals surface area contributed by atoms with Gasteiger partial charge in [-0.05, 0) is 13.8 Å². The molecule has 0 saturated heterocycles. The van der Waals surface area contributed by atoms with E-state index in [0.29, 0.717) is 0 Å². The largest absolute Gasteiger partial charge is 0.354 e. The highest BCUT2D eigenvalue weighted by Crippen LogP contribution is 2.31. The van der Waals surface area contributed by atoms with Crippen LogP contribution < -0.4 is 10.8 Å². The van der Waals surface area contributed by atoms with Gasteiger partial charge in [-0.3, -0.25) is 4.84 Å². The average molecular weight is 201 g/mol. The lowest BCUT2D eigenvalue weighted by atomic mass is 10.1. The molecule has 5 heteroatoms. The molecule has 0 radical (unpaired) electrons. The van der Waals surface area contributed by atoms with Crippen molar-refractivity contribution in [3.8, 4) is 0 Å². The minimum Gasteiger partial charge on any atom is -0.354 e. The minimum atomic E-state index is -0.452. The fourth-order valence-electron chi connectivity index (χ4n) is 0.808. The molecule has 0 amide bonds. The second kappa shape index (κ2) is 3.61. The number of nitrogens with zero attached hydrogens (tertiary/aromatic N) is 2. The molecule has 1 heterocycles. The van der Waals surface area contributed by atoms with Crippen molar-refractivity contribution in [3.05, 3.63) is 11.1 Å². The Kier molecular flexibility index (Phi) is 2.90. The summed E-state index contributed by atoms with van der Waals surface area (Å²) in [6.45, 7) is 3.83. The molecule has 0 atom stereocenters. The van der Waals surface area contributed by atoms with Crippen LogP contribution in [-0.4, -0.2) is 19.1 Å². The summed E-state index contributed by atoms with van der Waals surface area (Å²) in [5.41, 5.74) is -0.452. The van der Waals surface area contributed by atoms with Gasteiger partial charge >= 0.3 is 0 Å². The molecule has 0 aliphatic carbocycles. The van der Waals surface area contributed by atoms with Crippen LogP contribution in [-0.2, 0) is 10.4 Å². The summed E-state index contributed by atoms with van der Waals surface area (Å²) < 4.78 is 0. The monoisotopic (exact) mass is 201 g/mol. The van der Waals surface area contributed by atoms with Gasteiger partial charge < -0.3 is 4.90 Å². The zero-order valence-corrected chi connectivity index (χ0v) is 9.18. The molecule has 1 aromatic heterocycles. The smallest absolute Gasteiger partial charge is 0.185 e. The molecule has 1 aromatic rings. The van der Waals surface area contributed by atoms with Gasteiger partial charge in [0.2, 0.25) is 0 Å². The Morgan fingerprint density at radius 1 is 1.54 bits per heavy atom. The molecule has 0 aliphatic rings. The number of anilines is 1. The van der Waals surface area contributed by atoms with Crippen LogP contribution in [0.15, 0.2) is 6.20 Å². The lowest BCUT2D eigenvalue weighted by Crippen LogP contribution is -2.23. The van der Waals surface area contributed by atoms with Crippen molar-refractivity contribution in [3.63, 3.8) is 0 Å². The molecular formula is C8H15N3OS. The molecule has 74 valence electrons. The number of hydrogen-bond donors (Lipinski definition) is 1. The third-order valence-electron chi connectivity index (χ3n) is 1.76. The molecule has 0 spiro atoms. The van der Waals surface area contributed by atoms with Gasteiger partial charge in [0.25, 0.3) is 0 Å². The van der Waals surface area contributed by atoms with Crippen LogP contribution in [0.25, 0.3) is 0 Å². The van der Waals surface area contributed by atoms with Gasteiger partial charge in [0.05, 0.1) is 4.88 Å². The molecule has 13 heavy (non-hydrogen) atoms. The van der Waals surface area contributed by atoms with Crippen LogP contribution in [0.5, 0.6) is 0 Å². The van der Waals surface area contributed by atoms with Crippen molar-refractivity contribution in [2.24, 2.45) is 5.90 Å². The Labute approximate surface area is 82.3 Å². The van der Waals surface area contributed by atoms with E-state index in [0.717, 1.165) is 10.0 Å². The quantitative estimate of drug-likeness (QED) is 0.750. The van der Waals surface area contributed by atoms with E-state index in [1.165, 1.54) is 0 Å². The van der Waals surface area contributed by atoms with Crippen molar-refractivity contribution >= 4 is 16.5 Å². The Morgan fingerprint density at radius 2 is 2.15 bits per heavy atom. The van der Waals surface area contributed by atoms with Crippen LogP contribution in [0.3, 0.4) is 0 Å². The number of hydrogen-bond acceptors (Lipinski definition) is 5. The van der Waals surface area contributed by atoms with Crippen LogP contribution in [0.2, 0.25) is 0 Å². The first-order chi connectivity index (χ1) is 5.97. The highest BCUT2D eigenvalue weighted by molar-refractivity contribution is 7.15. The molecule has 0 aromatic carbocycles. The normalized spacial score (nSPS) is 11.8. The topological polar surface area (TPSA) is 51.4 Å². The molecule has 1 rings (SSSR count). The number of thiazole rings is 1. The second-order valence-corrected chi connectivity index (χ2v) is 4.54. The Balaban J connectivity index is 2.91. The van der Waals surface area contributed by atoms with E-state index in [1.807, 2.05) is 32.8 Å². The van der Waals surface area contributed by atoms with Crippen molar-refractivity contribution < 1.29 is 4.84 Å². The zero-order chi connectivity index (χ0) is 10.1. The molecule has 0 fully saturated rings. The average Bonchev–Trinajstić information content (AvgIpc) is 2.52. The third kappa shape index (κ3) is 2.18. The van der Waals surface area contributed by atoms with Gasteiger partial charge in [0.1, 0.15) is 5.60 Å². The fraction of sp³-hybridized carbons (Fsp3) is 0.625. The molecular weight excluding hydrogens is 186 g/mol. The summed E-state index contributed by atoms with van der Waals surface area (Å²) >= 11 is 1.58. The maximum Gasteiger partial charge on any atom is 0.185 e. The first-order valence-electron chi connectivity index (χ1n) is 3.99.